The fourth-order valence-corrected chi connectivity index (χ4v) is 4.95. The van der Waals surface area contributed by atoms with Gasteiger partial charge in [0.2, 0.25) is 0 Å². The molecular weight excluding hydrogens is 514 g/mol. The summed E-state index contributed by atoms with van der Waals surface area (Å²) in [6.45, 7) is 9.38. The molecule has 0 aliphatic heterocycles. The molecule has 0 saturated carbocycles. The molecule has 0 saturated heterocycles. The normalized spacial score (nSPS) is 12.6. The van der Waals surface area contributed by atoms with Gasteiger partial charge in [0.25, 0.3) is 5.91 Å². The number of allylic oxidation sites excluding steroid dienone is 5. The van der Waals surface area contributed by atoms with E-state index >= 15 is 0 Å². The predicted octanol–water partition coefficient (Wildman–Crippen LogP) is 6.82. The average Bonchev–Trinajstić information content (AvgIpc) is 3.37. The molecule has 218 valence electrons. The van der Waals surface area contributed by atoms with Crippen LogP contribution in [0.15, 0.2) is 79.1 Å². The minimum absolute atomic E-state index is 0.0666. The molecule has 0 spiro atoms. The minimum atomic E-state index is -0.346. The molecule has 1 aromatic heterocycles. The summed E-state index contributed by atoms with van der Waals surface area (Å²) < 4.78 is 6.81. The molecule has 41 heavy (non-hydrogen) atoms. The number of hydrogen-bond acceptors (Lipinski definition) is 5. The van der Waals surface area contributed by atoms with Crippen molar-refractivity contribution in [2.45, 2.75) is 58.9 Å². The van der Waals surface area contributed by atoms with Gasteiger partial charge < -0.3 is 15.2 Å². The highest BCUT2D eigenvalue weighted by atomic mass is 16.5. The number of phenolic OH excluding ortho intramolecular Hbond substituents is 1. The number of methoxy groups -OCH3 is 1. The van der Waals surface area contributed by atoms with Crippen molar-refractivity contribution < 1.29 is 19.4 Å². The smallest absolute Gasteiger partial charge is 0.255 e. The van der Waals surface area contributed by atoms with Crippen molar-refractivity contribution in [3.8, 4) is 5.75 Å². The lowest BCUT2D eigenvalue weighted by atomic mass is 9.94. The third kappa shape index (κ3) is 9.57. The first-order valence-corrected chi connectivity index (χ1v) is 14.4. The fourth-order valence-electron chi connectivity index (χ4n) is 4.95. The van der Waals surface area contributed by atoms with Crippen LogP contribution < -0.4 is 5.32 Å². The van der Waals surface area contributed by atoms with Crippen LogP contribution in [-0.4, -0.2) is 46.8 Å². The molecule has 2 aromatic carbocycles. The molecule has 1 unspecified atom stereocenters. The Bertz CT molecular complexity index is 1370. The Hall–Kier alpha value is -3.97. The summed E-state index contributed by atoms with van der Waals surface area (Å²) in [5.74, 6) is 0.108. The van der Waals surface area contributed by atoms with Gasteiger partial charge in [-0.15, -0.1) is 0 Å². The van der Waals surface area contributed by atoms with Gasteiger partial charge >= 0.3 is 0 Å². The van der Waals surface area contributed by atoms with Crippen LogP contribution >= 0.6 is 0 Å². The van der Waals surface area contributed by atoms with E-state index < -0.39 is 0 Å². The van der Waals surface area contributed by atoms with Gasteiger partial charge in [-0.2, -0.15) is 5.10 Å². The number of nitrogens with zero attached hydrogens (tertiary/aromatic N) is 2. The van der Waals surface area contributed by atoms with Crippen molar-refractivity contribution in [3.63, 3.8) is 0 Å². The van der Waals surface area contributed by atoms with Crippen LogP contribution in [0.3, 0.4) is 0 Å². The third-order valence-electron chi connectivity index (χ3n) is 7.09. The Labute approximate surface area is 243 Å². The topological polar surface area (TPSA) is 93.5 Å². The van der Waals surface area contributed by atoms with E-state index in [2.05, 4.69) is 36.9 Å². The van der Waals surface area contributed by atoms with Crippen LogP contribution in [0.5, 0.6) is 5.75 Å². The summed E-state index contributed by atoms with van der Waals surface area (Å²) in [6.07, 6.45) is 14.6. The zero-order valence-electron chi connectivity index (χ0n) is 24.6. The molecular formula is C34H43N3O4. The summed E-state index contributed by atoms with van der Waals surface area (Å²) in [7, 11) is 1.57. The van der Waals surface area contributed by atoms with Crippen LogP contribution in [0.2, 0.25) is 0 Å². The number of fused-ring (bicyclic) bond motifs is 1. The Kier molecular flexibility index (Phi) is 12.6. The summed E-state index contributed by atoms with van der Waals surface area (Å²) in [6, 6.07) is 11.3. The number of benzene rings is 2. The van der Waals surface area contributed by atoms with Crippen molar-refractivity contribution in [2.75, 3.05) is 20.3 Å². The predicted molar refractivity (Wildman–Crippen MR) is 165 cm³/mol. The Morgan fingerprint density at radius 2 is 1.93 bits per heavy atom. The summed E-state index contributed by atoms with van der Waals surface area (Å²) in [4.78, 5) is 25.3. The van der Waals surface area contributed by atoms with E-state index in [1.807, 2.05) is 41.1 Å². The zero-order valence-corrected chi connectivity index (χ0v) is 24.6. The van der Waals surface area contributed by atoms with Gasteiger partial charge in [-0.25, -0.2) is 0 Å². The van der Waals surface area contributed by atoms with Crippen LogP contribution in [0.1, 0.15) is 72.2 Å². The van der Waals surface area contributed by atoms with Crippen molar-refractivity contribution >= 4 is 22.6 Å². The van der Waals surface area contributed by atoms with E-state index in [1.165, 1.54) is 11.1 Å². The van der Waals surface area contributed by atoms with Gasteiger partial charge in [-0.05, 0) is 56.2 Å². The van der Waals surface area contributed by atoms with E-state index in [9.17, 15) is 14.7 Å². The Morgan fingerprint density at radius 3 is 2.63 bits per heavy atom. The maximum Gasteiger partial charge on any atom is 0.255 e. The number of carbonyl (C=O) groups is 2. The number of rotatable bonds is 17. The average molecular weight is 558 g/mol. The molecule has 3 rings (SSSR count). The first-order chi connectivity index (χ1) is 19.9. The maximum absolute atomic E-state index is 12.9. The molecule has 3 aromatic rings. The molecule has 0 bridgehead atoms. The lowest BCUT2D eigenvalue weighted by molar-refractivity contribution is 0.0933. The molecule has 7 heteroatoms. The molecule has 0 aliphatic rings. The van der Waals surface area contributed by atoms with Crippen LogP contribution in [0, 0.1) is 5.92 Å². The third-order valence-corrected chi connectivity index (χ3v) is 7.09. The molecule has 2 N–H and O–H groups in total. The number of ketones is 1. The minimum Gasteiger partial charge on any atom is -0.506 e. The quantitative estimate of drug-likeness (QED) is 0.108. The van der Waals surface area contributed by atoms with E-state index in [4.69, 9.17) is 4.74 Å². The first kappa shape index (κ1) is 31.6. The number of Topliss-reactive ketones (excluding diaryl/α,β-unsaturated/α-hetero) is 1. The number of nitrogens with one attached hydrogen (secondary N) is 1. The number of aromatic nitrogens is 2. The van der Waals surface area contributed by atoms with Crippen LogP contribution in [0.25, 0.3) is 10.9 Å². The molecule has 0 radical (unpaired) electrons. The second-order valence-corrected chi connectivity index (χ2v) is 10.5. The van der Waals surface area contributed by atoms with Crippen LogP contribution in [0.4, 0.5) is 0 Å². The van der Waals surface area contributed by atoms with Crippen molar-refractivity contribution in [1.29, 1.82) is 0 Å². The van der Waals surface area contributed by atoms with Gasteiger partial charge in [-0.1, -0.05) is 74.1 Å². The molecule has 1 atom stereocenters. The van der Waals surface area contributed by atoms with Crippen molar-refractivity contribution in [1.82, 2.24) is 15.1 Å². The molecule has 0 aliphatic carbocycles. The van der Waals surface area contributed by atoms with Gasteiger partial charge in [0.05, 0.1) is 23.1 Å². The van der Waals surface area contributed by atoms with E-state index in [0.29, 0.717) is 42.9 Å². The van der Waals surface area contributed by atoms with Crippen molar-refractivity contribution in [3.05, 3.63) is 95.7 Å². The number of amides is 1. The van der Waals surface area contributed by atoms with E-state index in [0.717, 1.165) is 37.7 Å². The molecule has 0 fully saturated rings. The number of phenols is 1. The Morgan fingerprint density at radius 1 is 1.15 bits per heavy atom. The standard InChI is InChI=1S/C34H43N3O4/c1-5-7-8-11-25(3)22-26-14-16-28(17-15-26)32(38)13-9-12-27(10-6-2)23-37-24-30-31(36-37)19-18-29(33(30)39)34(40)35-20-21-41-4/h5,7-8,11,14-19,24,27,39H,1,6,9-10,12-13,20-23H2,2-4H3,(H,35,40)/b8-7-,25-11+. The first-order valence-electron chi connectivity index (χ1n) is 14.4. The maximum atomic E-state index is 12.9. The number of ether oxygens (including phenoxy) is 1. The lowest BCUT2D eigenvalue weighted by Crippen LogP contribution is -2.26. The fraction of sp³-hybridized carbons (Fsp3) is 0.382. The van der Waals surface area contributed by atoms with Crippen LogP contribution in [-0.2, 0) is 17.7 Å². The summed E-state index contributed by atoms with van der Waals surface area (Å²) >= 11 is 0. The molecule has 1 amide bonds. The number of carbonyl (C=O) groups excluding carboxylic acids is 2. The number of hydrogen-bond donors (Lipinski definition) is 2. The second-order valence-electron chi connectivity index (χ2n) is 10.5. The van der Waals surface area contributed by atoms with Gasteiger partial charge in [-0.3, -0.25) is 14.3 Å². The van der Waals surface area contributed by atoms with Crippen molar-refractivity contribution in [2.24, 2.45) is 5.92 Å². The molecule has 1 heterocycles. The van der Waals surface area contributed by atoms with E-state index in [1.54, 1.807) is 31.5 Å². The summed E-state index contributed by atoms with van der Waals surface area (Å²) in [5, 5.41) is 18.7. The van der Waals surface area contributed by atoms with Gasteiger partial charge in [0.1, 0.15) is 5.75 Å². The number of aromatic hydroxyl groups is 1. The summed E-state index contributed by atoms with van der Waals surface area (Å²) in [5.41, 5.74) is 4.04. The Balaban J connectivity index is 1.56. The highest BCUT2D eigenvalue weighted by molar-refractivity contribution is 6.02. The monoisotopic (exact) mass is 557 g/mol. The molecule has 7 nitrogen and oxygen atoms in total. The lowest BCUT2D eigenvalue weighted by Gasteiger charge is -2.16. The highest BCUT2D eigenvalue weighted by Gasteiger charge is 2.17. The van der Waals surface area contributed by atoms with Gasteiger partial charge in [0, 0.05) is 38.4 Å². The van der Waals surface area contributed by atoms with Gasteiger partial charge in [0.15, 0.2) is 5.78 Å². The highest BCUT2D eigenvalue weighted by Crippen LogP contribution is 2.29. The largest absolute Gasteiger partial charge is 0.506 e. The zero-order chi connectivity index (χ0) is 29.6. The van der Waals surface area contributed by atoms with E-state index in [-0.39, 0.29) is 23.0 Å². The SMILES string of the molecule is C=C/C=C\C=C(/C)Cc1ccc(C(=O)CCCC(CCC)Cn2cc3c(O)c(C(=O)NCCOC)ccc3n2)cc1. The second kappa shape index (κ2) is 16.3.